The number of aryl methyl sites for hydroxylation is 1. The van der Waals surface area contributed by atoms with Crippen LogP contribution in [0.3, 0.4) is 0 Å². The van der Waals surface area contributed by atoms with E-state index in [1.165, 1.54) is 57.8 Å². The highest BCUT2D eigenvalue weighted by molar-refractivity contribution is 7.08. The van der Waals surface area contributed by atoms with E-state index in [2.05, 4.69) is 31.5 Å². The molecule has 0 spiro atoms. The summed E-state index contributed by atoms with van der Waals surface area (Å²) in [6.07, 6.45) is 12.6. The van der Waals surface area contributed by atoms with Gasteiger partial charge >= 0.3 is 0 Å². The minimum Gasteiger partial charge on any atom is -0.152 e. The van der Waals surface area contributed by atoms with Gasteiger partial charge in [-0.1, -0.05) is 65.7 Å². The van der Waals surface area contributed by atoms with Crippen LogP contribution in [0, 0.1) is 0 Å². The van der Waals surface area contributed by atoms with Crippen molar-refractivity contribution in [1.82, 2.24) is 0 Å². The Hall–Kier alpha value is -0.300. The van der Waals surface area contributed by atoms with Crippen molar-refractivity contribution in [2.24, 2.45) is 0 Å². The third-order valence-electron chi connectivity index (χ3n) is 3.70. The molecule has 0 aliphatic rings. The summed E-state index contributed by atoms with van der Waals surface area (Å²) in [7, 11) is 0. The molecule has 0 aliphatic heterocycles. The molecule has 0 amide bonds. The molecule has 0 aliphatic carbocycles. The quantitative estimate of drug-likeness (QED) is 0.421. The summed E-state index contributed by atoms with van der Waals surface area (Å²) in [6.45, 7) is 6.89. The first-order valence-corrected chi connectivity index (χ1v) is 8.75. The van der Waals surface area contributed by atoms with E-state index in [9.17, 15) is 0 Å². The molecule has 1 aromatic heterocycles. The lowest BCUT2D eigenvalue weighted by molar-refractivity contribution is 0.575. The predicted molar refractivity (Wildman–Crippen MR) is 84.7 cm³/mol. The standard InChI is InChI=1S/C17H30S/c1-4-5-6-7-8-9-10-11-12-16-13-18-14-17(16)15(2)3/h13-15H,4-12H2,1-3H3. The molecule has 0 saturated carbocycles. The fraction of sp³-hybridized carbons (Fsp3) is 0.765. The first-order valence-electron chi connectivity index (χ1n) is 7.80. The predicted octanol–water partition coefficient (Wildman–Crippen LogP) is 6.55. The molecule has 0 nitrogen and oxygen atoms in total. The summed E-state index contributed by atoms with van der Waals surface area (Å²) >= 11 is 1.87. The van der Waals surface area contributed by atoms with Crippen LogP contribution in [0.2, 0.25) is 0 Å². The van der Waals surface area contributed by atoms with E-state index >= 15 is 0 Å². The minimum absolute atomic E-state index is 0.695. The average molecular weight is 266 g/mol. The lowest BCUT2D eigenvalue weighted by atomic mass is 9.98. The van der Waals surface area contributed by atoms with Gasteiger partial charge in [-0.3, -0.25) is 0 Å². The van der Waals surface area contributed by atoms with E-state index in [1.54, 1.807) is 11.1 Å². The zero-order valence-electron chi connectivity index (χ0n) is 12.5. The summed E-state index contributed by atoms with van der Waals surface area (Å²) in [6, 6.07) is 0. The number of hydrogen-bond acceptors (Lipinski definition) is 1. The monoisotopic (exact) mass is 266 g/mol. The van der Waals surface area contributed by atoms with Crippen LogP contribution in [0.5, 0.6) is 0 Å². The molecule has 0 radical (unpaired) electrons. The summed E-state index contributed by atoms with van der Waals surface area (Å²) < 4.78 is 0. The van der Waals surface area contributed by atoms with Crippen LogP contribution in [0.4, 0.5) is 0 Å². The van der Waals surface area contributed by atoms with E-state index in [1.807, 2.05) is 11.3 Å². The van der Waals surface area contributed by atoms with Crippen LogP contribution in [-0.2, 0) is 6.42 Å². The van der Waals surface area contributed by atoms with Gasteiger partial charge in [-0.2, -0.15) is 11.3 Å². The SMILES string of the molecule is CCCCCCCCCCc1cscc1C(C)C. The Morgan fingerprint density at radius 1 is 0.889 bits per heavy atom. The summed E-state index contributed by atoms with van der Waals surface area (Å²) in [5.41, 5.74) is 3.20. The van der Waals surface area contributed by atoms with Gasteiger partial charge in [-0.15, -0.1) is 0 Å². The molecule has 1 heterocycles. The fourth-order valence-electron chi connectivity index (χ4n) is 2.49. The molecule has 0 unspecified atom stereocenters. The van der Waals surface area contributed by atoms with Gasteiger partial charge in [0.25, 0.3) is 0 Å². The Labute approximate surface area is 118 Å². The fourth-order valence-corrected chi connectivity index (χ4v) is 3.55. The Morgan fingerprint density at radius 3 is 2.11 bits per heavy atom. The summed E-state index contributed by atoms with van der Waals surface area (Å²) in [4.78, 5) is 0. The van der Waals surface area contributed by atoms with Crippen LogP contribution in [0.1, 0.15) is 89.2 Å². The van der Waals surface area contributed by atoms with Gasteiger partial charge in [0.2, 0.25) is 0 Å². The van der Waals surface area contributed by atoms with E-state index < -0.39 is 0 Å². The van der Waals surface area contributed by atoms with Gasteiger partial charge in [0.1, 0.15) is 0 Å². The Morgan fingerprint density at radius 2 is 1.50 bits per heavy atom. The second-order valence-corrected chi connectivity index (χ2v) is 6.48. The molecule has 1 heteroatoms. The lowest BCUT2D eigenvalue weighted by Crippen LogP contribution is -1.92. The molecule has 1 rings (SSSR count). The average Bonchev–Trinajstić information content (AvgIpc) is 2.81. The smallest absolute Gasteiger partial charge is 0.00558 e. The third kappa shape index (κ3) is 6.04. The maximum Gasteiger partial charge on any atom is -0.00558 e. The second kappa shape index (κ2) is 9.61. The first-order chi connectivity index (χ1) is 8.75. The normalized spacial score (nSPS) is 11.3. The third-order valence-corrected chi connectivity index (χ3v) is 4.51. The van der Waals surface area contributed by atoms with Gasteiger partial charge in [-0.05, 0) is 40.6 Å². The molecule has 0 bridgehead atoms. The Bertz CT molecular complexity index is 298. The van der Waals surface area contributed by atoms with Crippen molar-refractivity contribution < 1.29 is 0 Å². The molecule has 0 N–H and O–H groups in total. The van der Waals surface area contributed by atoms with Crippen LogP contribution < -0.4 is 0 Å². The highest BCUT2D eigenvalue weighted by Gasteiger charge is 2.06. The molecule has 0 fully saturated rings. The van der Waals surface area contributed by atoms with Crippen LogP contribution in [-0.4, -0.2) is 0 Å². The molecule has 0 aromatic carbocycles. The first kappa shape index (κ1) is 15.8. The number of rotatable bonds is 10. The zero-order valence-corrected chi connectivity index (χ0v) is 13.3. The minimum atomic E-state index is 0.695. The van der Waals surface area contributed by atoms with Gasteiger partial charge in [0.05, 0.1) is 0 Å². The van der Waals surface area contributed by atoms with E-state index in [4.69, 9.17) is 0 Å². The number of unbranched alkanes of at least 4 members (excludes halogenated alkanes) is 7. The van der Waals surface area contributed by atoms with Gasteiger partial charge in [0.15, 0.2) is 0 Å². The molecular weight excluding hydrogens is 236 g/mol. The van der Waals surface area contributed by atoms with Crippen LogP contribution >= 0.6 is 11.3 Å². The number of thiophene rings is 1. The molecule has 0 atom stereocenters. The maximum absolute atomic E-state index is 2.36. The zero-order chi connectivity index (χ0) is 13.2. The highest BCUT2D eigenvalue weighted by Crippen LogP contribution is 2.25. The molecule has 18 heavy (non-hydrogen) atoms. The Balaban J connectivity index is 2.05. The second-order valence-electron chi connectivity index (χ2n) is 5.73. The van der Waals surface area contributed by atoms with Crippen LogP contribution in [0.25, 0.3) is 0 Å². The number of hydrogen-bond donors (Lipinski definition) is 0. The van der Waals surface area contributed by atoms with Crippen molar-refractivity contribution in [3.63, 3.8) is 0 Å². The maximum atomic E-state index is 2.36. The van der Waals surface area contributed by atoms with E-state index in [-0.39, 0.29) is 0 Å². The van der Waals surface area contributed by atoms with Crippen molar-refractivity contribution >= 4 is 11.3 Å². The summed E-state index contributed by atoms with van der Waals surface area (Å²) in [5, 5.41) is 4.70. The highest BCUT2D eigenvalue weighted by atomic mass is 32.1. The van der Waals surface area contributed by atoms with Gasteiger partial charge < -0.3 is 0 Å². The Kier molecular flexibility index (Phi) is 8.41. The summed E-state index contributed by atoms with van der Waals surface area (Å²) in [5.74, 6) is 0.695. The largest absolute Gasteiger partial charge is 0.152 e. The van der Waals surface area contributed by atoms with Crippen molar-refractivity contribution in [3.05, 3.63) is 21.9 Å². The molecule has 104 valence electrons. The van der Waals surface area contributed by atoms with Gasteiger partial charge in [-0.25, -0.2) is 0 Å². The van der Waals surface area contributed by atoms with Gasteiger partial charge in [0, 0.05) is 0 Å². The van der Waals surface area contributed by atoms with Crippen molar-refractivity contribution in [2.45, 2.75) is 84.5 Å². The molecule has 1 aromatic rings. The molecule has 0 saturated heterocycles. The van der Waals surface area contributed by atoms with Crippen molar-refractivity contribution in [2.75, 3.05) is 0 Å². The van der Waals surface area contributed by atoms with E-state index in [0.717, 1.165) is 0 Å². The molecular formula is C17H30S. The topological polar surface area (TPSA) is 0 Å². The van der Waals surface area contributed by atoms with Crippen molar-refractivity contribution in [3.8, 4) is 0 Å². The van der Waals surface area contributed by atoms with Crippen LogP contribution in [0.15, 0.2) is 10.8 Å². The van der Waals surface area contributed by atoms with Crippen molar-refractivity contribution in [1.29, 1.82) is 0 Å². The lowest BCUT2D eigenvalue weighted by Gasteiger charge is -2.07. The van der Waals surface area contributed by atoms with E-state index in [0.29, 0.717) is 5.92 Å².